The zero-order valence-electron chi connectivity index (χ0n) is 24.7. The molecular formula is C32H33IN4O6S. The van der Waals surface area contributed by atoms with Crippen molar-refractivity contribution in [2.24, 2.45) is 5.10 Å². The molecule has 0 saturated carbocycles. The maximum atomic E-state index is 12.8. The van der Waals surface area contributed by atoms with Gasteiger partial charge in [-0.1, -0.05) is 48.0 Å². The Balaban J connectivity index is 1.40. The van der Waals surface area contributed by atoms with Crippen LogP contribution in [0.2, 0.25) is 0 Å². The molecule has 12 heteroatoms. The van der Waals surface area contributed by atoms with Gasteiger partial charge in [0.2, 0.25) is 0 Å². The molecule has 1 amide bonds. The summed E-state index contributed by atoms with van der Waals surface area (Å²) in [6.45, 7) is 5.85. The lowest BCUT2D eigenvalue weighted by Gasteiger charge is -2.30. The fourth-order valence-electron chi connectivity index (χ4n) is 4.52. The van der Waals surface area contributed by atoms with Crippen LogP contribution in [0, 0.1) is 10.5 Å². The van der Waals surface area contributed by atoms with Gasteiger partial charge in [0.15, 0.2) is 23.2 Å². The molecule has 0 spiro atoms. The van der Waals surface area contributed by atoms with Crippen LogP contribution in [-0.4, -0.2) is 43.5 Å². The Hall–Kier alpha value is -4.17. The number of para-hydroxylation sites is 1. The van der Waals surface area contributed by atoms with Crippen molar-refractivity contribution in [2.45, 2.75) is 33.4 Å². The summed E-state index contributed by atoms with van der Waals surface area (Å²) in [7, 11) is 1.57. The summed E-state index contributed by atoms with van der Waals surface area (Å²) in [6.07, 6.45) is 1.51. The molecule has 0 unspecified atom stereocenters. The maximum Gasteiger partial charge on any atom is 0.338 e. The molecule has 3 N–H and O–H groups in total. The predicted octanol–water partition coefficient (Wildman–Crippen LogP) is 5.07. The van der Waals surface area contributed by atoms with E-state index in [-0.39, 0.29) is 13.2 Å². The number of esters is 1. The first kappa shape index (κ1) is 32.7. The van der Waals surface area contributed by atoms with Gasteiger partial charge in [-0.15, -0.1) is 0 Å². The van der Waals surface area contributed by atoms with Crippen LogP contribution >= 0.6 is 34.8 Å². The average Bonchev–Trinajstić information content (AvgIpc) is 2.99. The second-order valence-corrected chi connectivity index (χ2v) is 11.3. The number of hydrogen-bond acceptors (Lipinski definition) is 8. The van der Waals surface area contributed by atoms with Gasteiger partial charge >= 0.3 is 5.97 Å². The highest BCUT2D eigenvalue weighted by atomic mass is 127. The van der Waals surface area contributed by atoms with Gasteiger partial charge < -0.3 is 29.6 Å². The smallest absolute Gasteiger partial charge is 0.338 e. The van der Waals surface area contributed by atoms with Crippen LogP contribution in [0.15, 0.2) is 77.0 Å². The van der Waals surface area contributed by atoms with Gasteiger partial charge in [-0.05, 0) is 84.9 Å². The molecule has 1 aliphatic rings. The minimum Gasteiger partial charge on any atom is -0.493 e. The molecule has 3 aromatic carbocycles. The van der Waals surface area contributed by atoms with Gasteiger partial charge in [0.05, 0.1) is 35.1 Å². The third-order valence-corrected chi connectivity index (χ3v) is 7.49. The summed E-state index contributed by atoms with van der Waals surface area (Å²) in [5.41, 5.74) is 7.00. The number of allylic oxidation sites excluding steroid dienone is 1. The number of hydrogen-bond donors (Lipinski definition) is 3. The first-order valence-electron chi connectivity index (χ1n) is 13.7. The Morgan fingerprint density at radius 2 is 1.86 bits per heavy atom. The molecule has 1 heterocycles. The molecule has 0 bridgehead atoms. The Morgan fingerprint density at radius 1 is 1.07 bits per heavy atom. The number of hydrazone groups is 1. The van der Waals surface area contributed by atoms with Crippen LogP contribution in [0.5, 0.6) is 17.2 Å². The summed E-state index contributed by atoms with van der Waals surface area (Å²) < 4.78 is 23.6. The molecule has 0 aromatic heterocycles. The topological polar surface area (TPSA) is 120 Å². The van der Waals surface area contributed by atoms with E-state index in [9.17, 15) is 9.59 Å². The number of nitrogens with one attached hydrogen (secondary N) is 3. The minimum absolute atomic E-state index is 0.226. The Bertz CT molecular complexity index is 1610. The molecule has 230 valence electrons. The average molecular weight is 729 g/mol. The normalized spacial score (nSPS) is 14.5. The number of ether oxygens (including phenoxy) is 4. The number of aryl methyl sites for hydroxylation is 1. The summed E-state index contributed by atoms with van der Waals surface area (Å²) in [5, 5.41) is 10.5. The SMILES string of the molecule is CCOC(=O)C1=C(C)NC(=S)N[C@H]1c1ccccc1OCC(=O)NN=Cc1cc(I)c(OCc2cccc(C)c2)c(OC)c1. The number of carbonyl (C=O) groups is 2. The molecule has 1 aliphatic heterocycles. The van der Waals surface area contributed by atoms with Crippen molar-refractivity contribution in [2.75, 3.05) is 20.3 Å². The molecule has 44 heavy (non-hydrogen) atoms. The molecule has 0 radical (unpaired) electrons. The Morgan fingerprint density at radius 3 is 2.61 bits per heavy atom. The first-order chi connectivity index (χ1) is 21.2. The van der Waals surface area contributed by atoms with E-state index in [0.29, 0.717) is 51.4 Å². The number of amides is 1. The maximum absolute atomic E-state index is 12.8. The number of rotatable bonds is 12. The zero-order valence-corrected chi connectivity index (χ0v) is 27.7. The predicted molar refractivity (Wildman–Crippen MR) is 180 cm³/mol. The lowest BCUT2D eigenvalue weighted by Crippen LogP contribution is -2.45. The van der Waals surface area contributed by atoms with Crippen LogP contribution in [0.4, 0.5) is 0 Å². The largest absolute Gasteiger partial charge is 0.493 e. The van der Waals surface area contributed by atoms with Crippen molar-refractivity contribution in [1.82, 2.24) is 16.1 Å². The van der Waals surface area contributed by atoms with Gasteiger partial charge in [-0.2, -0.15) is 5.10 Å². The fraction of sp³-hybridized carbons (Fsp3) is 0.250. The van der Waals surface area contributed by atoms with Gasteiger partial charge in [0.25, 0.3) is 5.91 Å². The van der Waals surface area contributed by atoms with Crippen molar-refractivity contribution < 1.29 is 28.5 Å². The summed E-state index contributed by atoms with van der Waals surface area (Å²) >= 11 is 7.51. The van der Waals surface area contributed by atoms with Gasteiger partial charge in [0.1, 0.15) is 12.4 Å². The van der Waals surface area contributed by atoms with Crippen LogP contribution in [0.1, 0.15) is 42.1 Å². The van der Waals surface area contributed by atoms with E-state index in [0.717, 1.165) is 14.7 Å². The van der Waals surface area contributed by atoms with Crippen molar-refractivity contribution in [3.05, 3.63) is 97.8 Å². The van der Waals surface area contributed by atoms with Crippen molar-refractivity contribution in [1.29, 1.82) is 0 Å². The third kappa shape index (κ3) is 8.47. The third-order valence-electron chi connectivity index (χ3n) is 6.47. The number of methoxy groups -OCH3 is 1. The van der Waals surface area contributed by atoms with E-state index >= 15 is 0 Å². The molecular weight excluding hydrogens is 695 g/mol. The first-order valence-corrected chi connectivity index (χ1v) is 15.2. The molecule has 3 aromatic rings. The Kier molecular flexibility index (Phi) is 11.6. The van der Waals surface area contributed by atoms with Crippen molar-refractivity contribution >= 4 is 58.0 Å². The van der Waals surface area contributed by atoms with E-state index in [1.807, 2.05) is 37.3 Å². The molecule has 0 aliphatic carbocycles. The zero-order chi connectivity index (χ0) is 31.6. The number of thiocarbonyl (C=S) groups is 1. The van der Waals surface area contributed by atoms with Crippen LogP contribution in [0.25, 0.3) is 0 Å². The highest BCUT2D eigenvalue weighted by Gasteiger charge is 2.32. The highest BCUT2D eigenvalue weighted by Crippen LogP contribution is 2.35. The standard InChI is InChI=1S/C32H33IN4O6S/c1-5-41-31(39)28-20(3)35-32(44)36-29(28)23-11-6-7-12-25(23)42-18-27(38)37-34-16-22-14-24(33)30(26(15-22)40-4)43-17-21-10-8-9-19(2)13-21/h6-16,29H,5,17-18H2,1-4H3,(H,37,38)(H2,35,36,44)/t29-/m0/s1. The van der Waals surface area contributed by atoms with Crippen LogP contribution < -0.4 is 30.3 Å². The van der Waals surface area contributed by atoms with E-state index < -0.39 is 17.9 Å². The second-order valence-electron chi connectivity index (χ2n) is 9.72. The summed E-state index contributed by atoms with van der Waals surface area (Å²) in [4.78, 5) is 25.4. The van der Waals surface area contributed by atoms with E-state index in [4.69, 9.17) is 31.2 Å². The van der Waals surface area contributed by atoms with Gasteiger partial charge in [0, 0.05) is 11.3 Å². The molecule has 4 rings (SSSR count). The molecule has 1 atom stereocenters. The van der Waals surface area contributed by atoms with E-state index in [1.54, 1.807) is 45.2 Å². The van der Waals surface area contributed by atoms with Crippen molar-refractivity contribution in [3.63, 3.8) is 0 Å². The van der Waals surface area contributed by atoms with E-state index in [2.05, 4.69) is 49.8 Å². The number of carbonyl (C=O) groups excluding carboxylic acids is 2. The van der Waals surface area contributed by atoms with E-state index in [1.165, 1.54) is 6.21 Å². The number of halogens is 1. The summed E-state index contributed by atoms with van der Waals surface area (Å²) in [6, 6.07) is 18.3. The quantitative estimate of drug-likeness (QED) is 0.0773. The van der Waals surface area contributed by atoms with Gasteiger partial charge in [-0.25, -0.2) is 10.2 Å². The lowest BCUT2D eigenvalue weighted by molar-refractivity contribution is -0.139. The number of benzene rings is 3. The highest BCUT2D eigenvalue weighted by molar-refractivity contribution is 14.1. The minimum atomic E-state index is -0.624. The van der Waals surface area contributed by atoms with Crippen LogP contribution in [0.3, 0.4) is 0 Å². The summed E-state index contributed by atoms with van der Waals surface area (Å²) in [5.74, 6) is 0.639. The lowest BCUT2D eigenvalue weighted by atomic mass is 9.95. The molecule has 0 fully saturated rings. The fourth-order valence-corrected chi connectivity index (χ4v) is 5.58. The monoisotopic (exact) mass is 728 g/mol. The second kappa shape index (κ2) is 15.5. The molecule has 0 saturated heterocycles. The molecule has 10 nitrogen and oxygen atoms in total. The number of nitrogens with zero attached hydrogens (tertiary/aromatic N) is 1. The van der Waals surface area contributed by atoms with Gasteiger partial charge in [-0.3, -0.25) is 4.79 Å². The van der Waals surface area contributed by atoms with Crippen LogP contribution in [-0.2, 0) is 20.9 Å². The Labute approximate surface area is 275 Å². The van der Waals surface area contributed by atoms with Crippen molar-refractivity contribution in [3.8, 4) is 17.2 Å².